The summed E-state index contributed by atoms with van der Waals surface area (Å²) in [7, 11) is 0. The van der Waals surface area contributed by atoms with Crippen molar-refractivity contribution in [2.24, 2.45) is 0 Å². The van der Waals surface area contributed by atoms with Gasteiger partial charge < -0.3 is 4.74 Å². The fraction of sp³-hybridized carbons (Fsp3) is 0.400. The van der Waals surface area contributed by atoms with Gasteiger partial charge in [-0.25, -0.2) is 0 Å². The van der Waals surface area contributed by atoms with Crippen LogP contribution in [0.3, 0.4) is 0 Å². The van der Waals surface area contributed by atoms with Crippen molar-refractivity contribution in [3.8, 4) is 17.4 Å². The molecule has 0 radical (unpaired) electrons. The SMILES string of the molecule is CCCc1cccc(-c2nc(Cl)nc(OC(C)C)n2)c1. The Balaban J connectivity index is 2.36. The average molecular weight is 292 g/mol. The number of nitrogens with zero attached hydrogens (tertiary/aromatic N) is 3. The van der Waals surface area contributed by atoms with Crippen LogP contribution in [0.4, 0.5) is 0 Å². The maximum atomic E-state index is 5.94. The number of ether oxygens (including phenoxy) is 1. The Labute approximate surface area is 124 Å². The average Bonchev–Trinajstić information content (AvgIpc) is 2.38. The number of halogens is 1. The highest BCUT2D eigenvalue weighted by Crippen LogP contribution is 2.21. The fourth-order valence-corrected chi connectivity index (χ4v) is 2.03. The minimum atomic E-state index is -0.00672. The van der Waals surface area contributed by atoms with Gasteiger partial charge in [0, 0.05) is 5.56 Å². The van der Waals surface area contributed by atoms with Crippen LogP contribution < -0.4 is 4.74 Å². The summed E-state index contributed by atoms with van der Waals surface area (Å²) in [5.74, 6) is 0.540. The summed E-state index contributed by atoms with van der Waals surface area (Å²) < 4.78 is 5.49. The van der Waals surface area contributed by atoms with E-state index in [2.05, 4.69) is 34.0 Å². The van der Waals surface area contributed by atoms with Gasteiger partial charge >= 0.3 is 6.01 Å². The van der Waals surface area contributed by atoms with Crippen molar-refractivity contribution in [2.75, 3.05) is 0 Å². The van der Waals surface area contributed by atoms with Gasteiger partial charge in [-0.3, -0.25) is 0 Å². The highest BCUT2D eigenvalue weighted by atomic mass is 35.5. The van der Waals surface area contributed by atoms with Crippen molar-refractivity contribution in [1.82, 2.24) is 15.0 Å². The Morgan fingerprint density at radius 1 is 1.20 bits per heavy atom. The van der Waals surface area contributed by atoms with E-state index in [4.69, 9.17) is 16.3 Å². The third-order valence-electron chi connectivity index (χ3n) is 2.65. The molecule has 1 heterocycles. The maximum Gasteiger partial charge on any atom is 0.321 e. The number of rotatable bonds is 5. The van der Waals surface area contributed by atoms with Crippen molar-refractivity contribution < 1.29 is 4.74 Å². The van der Waals surface area contributed by atoms with Crippen molar-refractivity contribution in [2.45, 2.75) is 39.7 Å². The van der Waals surface area contributed by atoms with Crippen LogP contribution >= 0.6 is 11.6 Å². The van der Waals surface area contributed by atoms with E-state index in [9.17, 15) is 0 Å². The molecule has 0 fully saturated rings. The first-order chi connectivity index (χ1) is 9.58. The Bertz CT molecular complexity index is 587. The van der Waals surface area contributed by atoms with Gasteiger partial charge in [0.1, 0.15) is 0 Å². The number of hydrogen-bond acceptors (Lipinski definition) is 4. The van der Waals surface area contributed by atoms with Crippen LogP contribution in [0.5, 0.6) is 6.01 Å². The minimum Gasteiger partial charge on any atom is -0.461 e. The highest BCUT2D eigenvalue weighted by molar-refractivity contribution is 6.28. The van der Waals surface area contributed by atoms with Gasteiger partial charge in [0.15, 0.2) is 5.82 Å². The Morgan fingerprint density at radius 3 is 2.70 bits per heavy atom. The molecular formula is C15H18ClN3O. The second-order valence-corrected chi connectivity index (χ2v) is 5.17. The van der Waals surface area contributed by atoms with Gasteiger partial charge in [0.25, 0.3) is 0 Å². The lowest BCUT2D eigenvalue weighted by Crippen LogP contribution is -2.09. The van der Waals surface area contributed by atoms with Gasteiger partial charge in [0.2, 0.25) is 5.28 Å². The van der Waals surface area contributed by atoms with Crippen molar-refractivity contribution in [3.63, 3.8) is 0 Å². The third kappa shape index (κ3) is 3.90. The fourth-order valence-electron chi connectivity index (χ4n) is 1.88. The smallest absolute Gasteiger partial charge is 0.321 e. The number of hydrogen-bond donors (Lipinski definition) is 0. The van der Waals surface area contributed by atoms with E-state index in [1.807, 2.05) is 26.0 Å². The topological polar surface area (TPSA) is 47.9 Å². The summed E-state index contributed by atoms with van der Waals surface area (Å²) >= 11 is 5.94. The molecule has 0 atom stereocenters. The molecule has 0 unspecified atom stereocenters. The van der Waals surface area contributed by atoms with Crippen LogP contribution in [0.25, 0.3) is 11.4 Å². The molecule has 1 aromatic heterocycles. The monoisotopic (exact) mass is 291 g/mol. The molecule has 20 heavy (non-hydrogen) atoms. The van der Waals surface area contributed by atoms with Gasteiger partial charge in [-0.1, -0.05) is 31.5 Å². The first-order valence-corrected chi connectivity index (χ1v) is 7.14. The predicted octanol–water partition coefficient (Wildman–Crippen LogP) is 3.93. The van der Waals surface area contributed by atoms with E-state index in [0.717, 1.165) is 18.4 Å². The molecule has 4 nitrogen and oxygen atoms in total. The molecule has 106 valence electrons. The van der Waals surface area contributed by atoms with Gasteiger partial charge in [-0.15, -0.1) is 0 Å². The lowest BCUT2D eigenvalue weighted by molar-refractivity contribution is 0.222. The third-order valence-corrected chi connectivity index (χ3v) is 2.82. The summed E-state index contributed by atoms with van der Waals surface area (Å²) in [6, 6.07) is 8.40. The Kier molecular flexibility index (Phi) is 4.90. The summed E-state index contributed by atoms with van der Waals surface area (Å²) in [5, 5.41) is 0.145. The standard InChI is InChI=1S/C15H18ClN3O/c1-4-6-11-7-5-8-12(9-11)13-17-14(16)19-15(18-13)20-10(2)3/h5,7-10H,4,6H2,1-3H3. The van der Waals surface area contributed by atoms with E-state index in [-0.39, 0.29) is 17.4 Å². The second-order valence-electron chi connectivity index (χ2n) is 4.83. The molecule has 2 aromatic rings. The molecule has 0 saturated heterocycles. The lowest BCUT2D eigenvalue weighted by atomic mass is 10.1. The lowest BCUT2D eigenvalue weighted by Gasteiger charge is -2.09. The van der Waals surface area contributed by atoms with Gasteiger partial charge in [0.05, 0.1) is 6.10 Å². The first-order valence-electron chi connectivity index (χ1n) is 6.76. The zero-order valence-electron chi connectivity index (χ0n) is 11.9. The quantitative estimate of drug-likeness (QED) is 0.837. The minimum absolute atomic E-state index is 0.00672. The number of aryl methyl sites for hydroxylation is 1. The summed E-state index contributed by atoms with van der Waals surface area (Å²) in [4.78, 5) is 12.5. The Morgan fingerprint density at radius 2 is 2.00 bits per heavy atom. The number of benzene rings is 1. The van der Waals surface area contributed by atoms with Crippen LogP contribution in [-0.4, -0.2) is 21.1 Å². The zero-order valence-corrected chi connectivity index (χ0v) is 12.7. The van der Waals surface area contributed by atoms with E-state index >= 15 is 0 Å². The molecule has 0 aliphatic rings. The van der Waals surface area contributed by atoms with Gasteiger partial charge in [-0.05, 0) is 43.5 Å². The maximum absolute atomic E-state index is 5.94. The molecular weight excluding hydrogens is 274 g/mol. The molecule has 0 amide bonds. The summed E-state index contributed by atoms with van der Waals surface area (Å²) in [5.41, 5.74) is 2.18. The molecule has 0 aliphatic heterocycles. The molecule has 1 aromatic carbocycles. The van der Waals surface area contributed by atoms with Crippen LogP contribution in [0, 0.1) is 0 Å². The zero-order chi connectivity index (χ0) is 14.5. The molecule has 0 spiro atoms. The predicted molar refractivity (Wildman–Crippen MR) is 80.0 cm³/mol. The second kappa shape index (κ2) is 6.66. The van der Waals surface area contributed by atoms with Crippen LogP contribution in [0.2, 0.25) is 5.28 Å². The first kappa shape index (κ1) is 14.7. The van der Waals surface area contributed by atoms with E-state index in [1.54, 1.807) is 0 Å². The number of aromatic nitrogens is 3. The molecule has 0 bridgehead atoms. The highest BCUT2D eigenvalue weighted by Gasteiger charge is 2.10. The van der Waals surface area contributed by atoms with E-state index in [1.165, 1.54) is 5.56 Å². The molecule has 0 saturated carbocycles. The van der Waals surface area contributed by atoms with Crippen molar-refractivity contribution >= 4 is 11.6 Å². The Hall–Kier alpha value is -1.68. The van der Waals surface area contributed by atoms with Crippen molar-refractivity contribution in [3.05, 3.63) is 35.1 Å². The summed E-state index contributed by atoms with van der Waals surface area (Å²) in [6.45, 7) is 5.99. The van der Waals surface area contributed by atoms with Crippen LogP contribution in [0.1, 0.15) is 32.8 Å². The van der Waals surface area contributed by atoms with Crippen LogP contribution in [0.15, 0.2) is 24.3 Å². The molecule has 0 aliphatic carbocycles. The summed E-state index contributed by atoms with van der Waals surface area (Å²) in [6.07, 6.45) is 2.12. The molecule has 0 N–H and O–H groups in total. The largest absolute Gasteiger partial charge is 0.461 e. The van der Waals surface area contributed by atoms with Crippen molar-refractivity contribution in [1.29, 1.82) is 0 Å². The molecule has 2 rings (SSSR count). The van der Waals surface area contributed by atoms with Gasteiger partial charge in [-0.2, -0.15) is 15.0 Å². The molecule has 5 heteroatoms. The van der Waals surface area contributed by atoms with E-state index < -0.39 is 0 Å². The van der Waals surface area contributed by atoms with E-state index in [0.29, 0.717) is 5.82 Å². The van der Waals surface area contributed by atoms with Crippen LogP contribution in [-0.2, 0) is 6.42 Å². The normalized spacial score (nSPS) is 10.8.